The van der Waals surface area contributed by atoms with E-state index >= 15 is 0 Å². The van der Waals surface area contributed by atoms with E-state index in [0.717, 1.165) is 12.1 Å². The van der Waals surface area contributed by atoms with Crippen LogP contribution in [-0.2, 0) is 22.2 Å². The Labute approximate surface area is 138 Å². The van der Waals surface area contributed by atoms with Crippen LogP contribution in [0.5, 0.6) is 0 Å². The van der Waals surface area contributed by atoms with Crippen molar-refractivity contribution in [2.45, 2.75) is 31.2 Å². The molecule has 0 saturated carbocycles. The van der Waals surface area contributed by atoms with Gasteiger partial charge in [-0.05, 0) is 13.0 Å². The van der Waals surface area contributed by atoms with Gasteiger partial charge in [0, 0.05) is 18.2 Å². The summed E-state index contributed by atoms with van der Waals surface area (Å²) in [5, 5.41) is 13.5. The van der Waals surface area contributed by atoms with Crippen molar-refractivity contribution in [3.8, 4) is 0 Å². The Balaban J connectivity index is 2.56. The van der Waals surface area contributed by atoms with Gasteiger partial charge in [-0.3, -0.25) is 0 Å². The fraction of sp³-hybridized carbons (Fsp3) is 0.429. The van der Waals surface area contributed by atoms with Gasteiger partial charge in [0.05, 0.1) is 6.54 Å². The van der Waals surface area contributed by atoms with Gasteiger partial charge < -0.3 is 5.11 Å². The molecule has 132 valence electrons. The quantitative estimate of drug-likeness (QED) is 0.760. The van der Waals surface area contributed by atoms with Gasteiger partial charge in [-0.2, -0.15) is 5.10 Å². The van der Waals surface area contributed by atoms with Crippen LogP contribution in [0.2, 0.25) is 0 Å². The summed E-state index contributed by atoms with van der Waals surface area (Å²) < 4.78 is 55.6. The summed E-state index contributed by atoms with van der Waals surface area (Å²) in [6.45, 7) is 2.57. The third-order valence-corrected chi connectivity index (χ3v) is 5.76. The molecular formula is C14H18F2N4O3S. The lowest BCUT2D eigenvalue weighted by molar-refractivity contribution is 0.0107. The monoisotopic (exact) mass is 360 g/mol. The minimum Gasteiger partial charge on any atom is -0.382 e. The maximum atomic E-state index is 14.2. The molecule has 0 saturated heterocycles. The Morgan fingerprint density at radius 1 is 1.42 bits per heavy atom. The van der Waals surface area contributed by atoms with Gasteiger partial charge in [0.1, 0.15) is 35.1 Å². The fourth-order valence-electron chi connectivity index (χ4n) is 2.42. The Morgan fingerprint density at radius 3 is 2.67 bits per heavy atom. The zero-order valence-corrected chi connectivity index (χ0v) is 14.0. The van der Waals surface area contributed by atoms with Crippen molar-refractivity contribution < 1.29 is 22.3 Å². The lowest BCUT2D eigenvalue weighted by Gasteiger charge is -2.34. The molecule has 1 heterocycles. The third kappa shape index (κ3) is 3.60. The summed E-state index contributed by atoms with van der Waals surface area (Å²) in [7, 11) is -3.97. The molecule has 2 rings (SSSR count). The van der Waals surface area contributed by atoms with Crippen LogP contribution in [0, 0.1) is 11.6 Å². The molecule has 7 nitrogen and oxygen atoms in total. The first-order chi connectivity index (χ1) is 11.2. The number of aliphatic hydroxyl groups is 1. The van der Waals surface area contributed by atoms with Gasteiger partial charge in [-0.1, -0.05) is 13.0 Å². The van der Waals surface area contributed by atoms with Crippen molar-refractivity contribution in [3.05, 3.63) is 48.1 Å². The molecule has 0 aliphatic heterocycles. The minimum atomic E-state index is -3.97. The lowest BCUT2D eigenvalue weighted by atomic mass is 9.90. The third-order valence-electron chi connectivity index (χ3n) is 3.75. The van der Waals surface area contributed by atoms with Crippen LogP contribution in [-0.4, -0.2) is 40.1 Å². The zero-order chi connectivity index (χ0) is 18.0. The van der Waals surface area contributed by atoms with Gasteiger partial charge >= 0.3 is 0 Å². The maximum Gasteiger partial charge on any atom is 0.217 e. The smallest absolute Gasteiger partial charge is 0.217 e. The number of hydrogen-bond acceptors (Lipinski definition) is 5. The number of sulfonamides is 1. The first kappa shape index (κ1) is 18.4. The molecule has 2 aromatic rings. The highest BCUT2D eigenvalue weighted by Gasteiger charge is 2.45. The Morgan fingerprint density at radius 2 is 2.12 bits per heavy atom. The highest BCUT2D eigenvalue weighted by atomic mass is 32.2. The molecule has 0 aliphatic rings. The van der Waals surface area contributed by atoms with Crippen LogP contribution in [0.3, 0.4) is 0 Å². The van der Waals surface area contributed by atoms with Crippen LogP contribution in [0.15, 0.2) is 30.9 Å². The van der Waals surface area contributed by atoms with E-state index in [2.05, 4.69) is 14.8 Å². The molecule has 0 amide bonds. The fourth-order valence-corrected chi connectivity index (χ4v) is 3.78. The molecule has 0 radical (unpaired) electrons. The summed E-state index contributed by atoms with van der Waals surface area (Å²) in [5.41, 5.74) is -2.53. The summed E-state index contributed by atoms with van der Waals surface area (Å²) in [5.74, 6) is -1.88. The van der Waals surface area contributed by atoms with Crippen molar-refractivity contribution in [1.29, 1.82) is 0 Å². The summed E-state index contributed by atoms with van der Waals surface area (Å²) in [6.07, 6.45) is 2.46. The van der Waals surface area contributed by atoms with E-state index in [4.69, 9.17) is 0 Å². The van der Waals surface area contributed by atoms with E-state index in [1.165, 1.54) is 24.3 Å². The van der Waals surface area contributed by atoms with E-state index in [0.29, 0.717) is 6.07 Å². The highest BCUT2D eigenvalue weighted by molar-refractivity contribution is 7.90. The SMILES string of the molecule is CCNS(=O)(=O)[C@H](C)[C@](O)(Cn1cncn1)c1ccc(F)cc1F. The normalized spacial score (nSPS) is 15.9. The second kappa shape index (κ2) is 6.91. The van der Waals surface area contributed by atoms with Gasteiger partial charge in [-0.25, -0.2) is 31.6 Å². The van der Waals surface area contributed by atoms with Crippen molar-refractivity contribution in [2.75, 3.05) is 6.54 Å². The second-order valence-electron chi connectivity index (χ2n) is 5.33. The highest BCUT2D eigenvalue weighted by Crippen LogP contribution is 2.33. The first-order valence-electron chi connectivity index (χ1n) is 7.19. The summed E-state index contributed by atoms with van der Waals surface area (Å²) in [6, 6.07) is 2.57. The maximum absolute atomic E-state index is 14.2. The molecule has 2 N–H and O–H groups in total. The summed E-state index contributed by atoms with van der Waals surface area (Å²) in [4.78, 5) is 3.72. The molecule has 1 aromatic carbocycles. The number of halogens is 2. The van der Waals surface area contributed by atoms with Crippen molar-refractivity contribution in [2.24, 2.45) is 0 Å². The predicted octanol–water partition coefficient (Wildman–Crippen LogP) is 0.772. The molecule has 0 spiro atoms. The molecule has 2 atom stereocenters. The Bertz CT molecular complexity index is 798. The number of aromatic nitrogens is 3. The van der Waals surface area contributed by atoms with Crippen LogP contribution in [0.25, 0.3) is 0 Å². The minimum absolute atomic E-state index is 0.109. The van der Waals surface area contributed by atoms with Crippen molar-refractivity contribution >= 4 is 10.0 Å². The average Bonchev–Trinajstić information content (AvgIpc) is 2.98. The Hall–Kier alpha value is -1.91. The summed E-state index contributed by atoms with van der Waals surface area (Å²) >= 11 is 0. The predicted molar refractivity (Wildman–Crippen MR) is 82.3 cm³/mol. The van der Waals surface area contributed by atoms with Crippen molar-refractivity contribution in [1.82, 2.24) is 19.5 Å². The second-order valence-corrected chi connectivity index (χ2v) is 7.41. The van der Waals surface area contributed by atoms with E-state index in [-0.39, 0.29) is 18.7 Å². The molecule has 10 heteroatoms. The number of rotatable bonds is 7. The number of nitrogens with one attached hydrogen (secondary N) is 1. The molecule has 1 aromatic heterocycles. The lowest BCUT2D eigenvalue weighted by Crippen LogP contribution is -2.50. The zero-order valence-electron chi connectivity index (χ0n) is 13.1. The van der Waals surface area contributed by atoms with Gasteiger partial charge in [0.15, 0.2) is 0 Å². The van der Waals surface area contributed by atoms with E-state index < -0.39 is 32.5 Å². The van der Waals surface area contributed by atoms with Crippen molar-refractivity contribution in [3.63, 3.8) is 0 Å². The topological polar surface area (TPSA) is 97.1 Å². The van der Waals surface area contributed by atoms with E-state index in [1.807, 2.05) is 0 Å². The molecule has 0 unspecified atom stereocenters. The number of hydrogen-bond donors (Lipinski definition) is 2. The van der Waals surface area contributed by atoms with Crippen LogP contribution < -0.4 is 4.72 Å². The van der Waals surface area contributed by atoms with Gasteiger partial charge in [0.25, 0.3) is 0 Å². The van der Waals surface area contributed by atoms with Crippen LogP contribution in [0.1, 0.15) is 19.4 Å². The Kier molecular flexibility index (Phi) is 5.31. The standard InChI is InChI=1S/C14H18F2N4O3S/c1-3-19-24(22,23)10(2)14(21,7-20-9-17-8-18-20)12-5-4-11(15)6-13(12)16/h4-6,8-10,19,21H,3,7H2,1-2H3/t10-,14-/m1/s1. The van der Waals surface area contributed by atoms with Gasteiger partial charge in [-0.15, -0.1) is 0 Å². The van der Waals surface area contributed by atoms with E-state index in [1.54, 1.807) is 6.92 Å². The van der Waals surface area contributed by atoms with Crippen LogP contribution >= 0.6 is 0 Å². The molecule has 0 bridgehead atoms. The largest absolute Gasteiger partial charge is 0.382 e. The average molecular weight is 360 g/mol. The van der Waals surface area contributed by atoms with Gasteiger partial charge in [0.2, 0.25) is 10.0 Å². The number of benzene rings is 1. The first-order valence-corrected chi connectivity index (χ1v) is 8.74. The van der Waals surface area contributed by atoms with E-state index in [9.17, 15) is 22.3 Å². The number of nitrogens with zero attached hydrogens (tertiary/aromatic N) is 3. The molecule has 0 aliphatic carbocycles. The van der Waals surface area contributed by atoms with Crippen LogP contribution in [0.4, 0.5) is 8.78 Å². The molecular weight excluding hydrogens is 342 g/mol. The molecule has 0 fully saturated rings. The molecule has 24 heavy (non-hydrogen) atoms.